The first-order valence-electron chi connectivity index (χ1n) is 6.92. The van der Waals surface area contributed by atoms with E-state index in [1.54, 1.807) is 6.33 Å². The van der Waals surface area contributed by atoms with E-state index in [2.05, 4.69) is 67.0 Å². The first-order valence-corrected chi connectivity index (χ1v) is 6.92. The zero-order valence-electron chi connectivity index (χ0n) is 12.4. The Bertz CT molecular complexity index is 743. The van der Waals surface area contributed by atoms with Crippen molar-refractivity contribution in [3.05, 3.63) is 47.7 Å². The number of para-hydroxylation sites is 1. The molecule has 4 heteroatoms. The Morgan fingerprint density at radius 3 is 2.70 bits per heavy atom. The maximum Gasteiger partial charge on any atom is 0.138 e. The van der Waals surface area contributed by atoms with E-state index in [0.29, 0.717) is 0 Å². The summed E-state index contributed by atoms with van der Waals surface area (Å²) in [6.07, 6.45) is 2.44. The monoisotopic (exact) mass is 268 g/mol. The predicted molar refractivity (Wildman–Crippen MR) is 80.9 cm³/mol. The van der Waals surface area contributed by atoms with E-state index < -0.39 is 0 Å². The van der Waals surface area contributed by atoms with Crippen molar-refractivity contribution in [2.24, 2.45) is 0 Å². The van der Waals surface area contributed by atoms with Gasteiger partial charge in [-0.1, -0.05) is 18.2 Å². The third-order valence-corrected chi connectivity index (χ3v) is 3.62. The lowest BCUT2D eigenvalue weighted by molar-refractivity contribution is 0.343. The number of H-pyrrole nitrogens is 1. The molecule has 3 rings (SSSR count). The summed E-state index contributed by atoms with van der Waals surface area (Å²) >= 11 is 0. The lowest BCUT2D eigenvalue weighted by Crippen LogP contribution is -2.25. The second kappa shape index (κ2) is 4.47. The van der Waals surface area contributed by atoms with Gasteiger partial charge in [0.15, 0.2) is 0 Å². The summed E-state index contributed by atoms with van der Waals surface area (Å²) in [4.78, 5) is 7.88. The van der Waals surface area contributed by atoms with Gasteiger partial charge >= 0.3 is 0 Å². The molecule has 4 nitrogen and oxygen atoms in total. The van der Waals surface area contributed by atoms with Crippen LogP contribution in [0.15, 0.2) is 30.6 Å². The molecule has 0 saturated heterocycles. The Hall–Kier alpha value is -2.10. The molecule has 0 fully saturated rings. The summed E-state index contributed by atoms with van der Waals surface area (Å²) in [7, 11) is 0. The number of fused-ring (bicyclic) bond motifs is 1. The molecule has 104 valence electrons. The molecule has 0 unspecified atom stereocenters. The Kier molecular flexibility index (Phi) is 2.89. The molecule has 2 aromatic heterocycles. The van der Waals surface area contributed by atoms with Crippen molar-refractivity contribution in [3.63, 3.8) is 0 Å². The average Bonchev–Trinajstić information content (AvgIpc) is 2.95. The molecule has 0 radical (unpaired) electrons. The third-order valence-electron chi connectivity index (χ3n) is 3.62. The van der Waals surface area contributed by atoms with Crippen LogP contribution in [-0.2, 0) is 12.0 Å². The summed E-state index contributed by atoms with van der Waals surface area (Å²) in [6, 6.07) is 8.40. The van der Waals surface area contributed by atoms with Gasteiger partial charge in [-0.15, -0.1) is 0 Å². The summed E-state index contributed by atoms with van der Waals surface area (Å²) in [5, 5.41) is 5.64. The number of rotatable bonds is 2. The van der Waals surface area contributed by atoms with Crippen LogP contribution >= 0.6 is 0 Å². The van der Waals surface area contributed by atoms with E-state index in [-0.39, 0.29) is 5.54 Å². The molecular formula is C16H20N4. The summed E-state index contributed by atoms with van der Waals surface area (Å²) in [6.45, 7) is 8.56. The lowest BCUT2D eigenvalue weighted by Gasteiger charge is -2.21. The topological polar surface area (TPSA) is 46.5 Å². The number of hydrogen-bond acceptors (Lipinski definition) is 2. The number of nitrogens with zero attached hydrogens (tertiary/aromatic N) is 3. The van der Waals surface area contributed by atoms with Gasteiger partial charge in [-0.3, -0.25) is 0 Å². The van der Waals surface area contributed by atoms with Crippen molar-refractivity contribution in [2.45, 2.75) is 39.7 Å². The van der Waals surface area contributed by atoms with E-state index in [4.69, 9.17) is 0 Å². The van der Waals surface area contributed by atoms with Gasteiger partial charge in [-0.2, -0.15) is 5.10 Å². The fourth-order valence-corrected chi connectivity index (χ4v) is 2.67. The number of benzene rings is 1. The zero-order chi connectivity index (χ0) is 14.3. The minimum atomic E-state index is -0.0498. The second-order valence-corrected chi connectivity index (χ2v) is 6.21. The summed E-state index contributed by atoms with van der Waals surface area (Å²) < 4.78 is 2.01. The van der Waals surface area contributed by atoms with E-state index in [9.17, 15) is 0 Å². The second-order valence-electron chi connectivity index (χ2n) is 6.21. The maximum atomic E-state index is 4.44. The molecule has 0 spiro atoms. The fourth-order valence-electron chi connectivity index (χ4n) is 2.67. The fraction of sp³-hybridized carbons (Fsp3) is 0.375. The molecule has 0 aliphatic carbocycles. The highest BCUT2D eigenvalue weighted by Gasteiger charge is 2.20. The molecule has 0 bridgehead atoms. The van der Waals surface area contributed by atoms with Crippen LogP contribution in [0.4, 0.5) is 0 Å². The minimum absolute atomic E-state index is 0.0498. The van der Waals surface area contributed by atoms with Gasteiger partial charge in [0.25, 0.3) is 0 Å². The van der Waals surface area contributed by atoms with Gasteiger partial charge in [0.1, 0.15) is 12.2 Å². The predicted octanol–water partition coefficient (Wildman–Crippen LogP) is 3.41. The molecule has 0 saturated carbocycles. The standard InChI is InChI=1S/C16H20N4/c1-11-13(12-7-5-6-8-14(12)19-11)9-15-17-10-18-20(15)16(2,3)4/h5-8,10,19H,9H2,1-4H3. The van der Waals surface area contributed by atoms with Gasteiger partial charge in [0, 0.05) is 23.0 Å². The van der Waals surface area contributed by atoms with Crippen molar-refractivity contribution >= 4 is 10.9 Å². The highest BCUT2D eigenvalue weighted by Crippen LogP contribution is 2.25. The number of hydrogen-bond donors (Lipinski definition) is 1. The van der Waals surface area contributed by atoms with Crippen LogP contribution in [0.2, 0.25) is 0 Å². The quantitative estimate of drug-likeness (QED) is 0.774. The van der Waals surface area contributed by atoms with Crippen LogP contribution in [0.5, 0.6) is 0 Å². The molecule has 0 aliphatic rings. The van der Waals surface area contributed by atoms with E-state index in [1.807, 2.05) is 4.68 Å². The van der Waals surface area contributed by atoms with Crippen LogP contribution in [0, 0.1) is 6.92 Å². The van der Waals surface area contributed by atoms with Crippen LogP contribution in [-0.4, -0.2) is 19.7 Å². The summed E-state index contributed by atoms with van der Waals surface area (Å²) in [5.74, 6) is 1.00. The van der Waals surface area contributed by atoms with Gasteiger partial charge in [0.05, 0.1) is 5.54 Å². The van der Waals surface area contributed by atoms with Crippen LogP contribution in [0.1, 0.15) is 37.9 Å². The van der Waals surface area contributed by atoms with E-state index >= 15 is 0 Å². The lowest BCUT2D eigenvalue weighted by atomic mass is 10.1. The van der Waals surface area contributed by atoms with Gasteiger partial charge in [-0.05, 0) is 39.3 Å². The normalized spacial score (nSPS) is 12.2. The summed E-state index contributed by atoms with van der Waals surface area (Å²) in [5.41, 5.74) is 3.64. The smallest absolute Gasteiger partial charge is 0.138 e. The SMILES string of the molecule is Cc1[nH]c2ccccc2c1Cc1ncnn1C(C)(C)C. The van der Waals surface area contributed by atoms with Crippen molar-refractivity contribution in [1.82, 2.24) is 19.7 Å². The Morgan fingerprint density at radius 1 is 1.20 bits per heavy atom. The Morgan fingerprint density at radius 2 is 1.95 bits per heavy atom. The molecule has 0 atom stereocenters. The molecule has 1 aromatic carbocycles. The average molecular weight is 268 g/mol. The highest BCUT2D eigenvalue weighted by molar-refractivity contribution is 5.84. The van der Waals surface area contributed by atoms with Crippen molar-refractivity contribution in [1.29, 1.82) is 0 Å². The van der Waals surface area contributed by atoms with Gasteiger partial charge < -0.3 is 4.98 Å². The van der Waals surface area contributed by atoms with Crippen molar-refractivity contribution in [2.75, 3.05) is 0 Å². The molecule has 2 heterocycles. The van der Waals surface area contributed by atoms with Gasteiger partial charge in [0.2, 0.25) is 0 Å². The largest absolute Gasteiger partial charge is 0.358 e. The Labute approximate surface area is 118 Å². The first kappa shape index (κ1) is 12.9. The number of aromatic nitrogens is 4. The first-order chi connectivity index (χ1) is 9.47. The minimum Gasteiger partial charge on any atom is -0.358 e. The zero-order valence-corrected chi connectivity index (χ0v) is 12.4. The Balaban J connectivity index is 2.06. The molecule has 3 aromatic rings. The van der Waals surface area contributed by atoms with E-state index in [1.165, 1.54) is 22.2 Å². The van der Waals surface area contributed by atoms with Crippen LogP contribution in [0.25, 0.3) is 10.9 Å². The van der Waals surface area contributed by atoms with Crippen molar-refractivity contribution in [3.8, 4) is 0 Å². The molecule has 20 heavy (non-hydrogen) atoms. The van der Waals surface area contributed by atoms with Gasteiger partial charge in [-0.25, -0.2) is 9.67 Å². The number of nitrogens with one attached hydrogen (secondary N) is 1. The third kappa shape index (κ3) is 2.11. The number of aromatic amines is 1. The molecular weight excluding hydrogens is 248 g/mol. The highest BCUT2D eigenvalue weighted by atomic mass is 15.4. The van der Waals surface area contributed by atoms with Crippen LogP contribution in [0.3, 0.4) is 0 Å². The molecule has 0 aliphatic heterocycles. The maximum absolute atomic E-state index is 4.44. The van der Waals surface area contributed by atoms with Crippen LogP contribution < -0.4 is 0 Å². The van der Waals surface area contributed by atoms with E-state index in [0.717, 1.165) is 12.2 Å². The number of aryl methyl sites for hydroxylation is 1. The molecule has 0 amide bonds. The van der Waals surface area contributed by atoms with Crippen molar-refractivity contribution < 1.29 is 0 Å². The molecule has 1 N–H and O–H groups in total.